The number of nitrogens with two attached hydrogens (primary N) is 1. The van der Waals surface area contributed by atoms with Gasteiger partial charge in [-0.05, 0) is 12.1 Å². The maximum absolute atomic E-state index is 12.6. The molecule has 3 rings (SSSR count). The molecule has 0 bridgehead atoms. The van der Waals surface area contributed by atoms with Gasteiger partial charge in [-0.1, -0.05) is 6.07 Å². The van der Waals surface area contributed by atoms with Gasteiger partial charge in [0.25, 0.3) is 10.0 Å². The van der Waals surface area contributed by atoms with E-state index in [-0.39, 0.29) is 16.8 Å². The molecule has 21 heavy (non-hydrogen) atoms. The average molecular weight is 308 g/mol. The van der Waals surface area contributed by atoms with Crippen LogP contribution in [0.1, 0.15) is 0 Å². The minimum atomic E-state index is -3.95. The molecule has 0 saturated heterocycles. The fraction of sp³-hybridized carbons (Fsp3) is 0.100. The predicted octanol–water partition coefficient (Wildman–Crippen LogP) is -0.451. The van der Waals surface area contributed by atoms with Gasteiger partial charge in [0.05, 0.1) is 0 Å². The molecule has 0 aliphatic carbocycles. The van der Waals surface area contributed by atoms with Crippen molar-refractivity contribution >= 4 is 27.4 Å². The topological polar surface area (TPSA) is 132 Å². The van der Waals surface area contributed by atoms with Gasteiger partial charge in [-0.3, -0.25) is 4.40 Å². The van der Waals surface area contributed by atoms with Crippen molar-refractivity contribution in [2.75, 3.05) is 10.1 Å². The van der Waals surface area contributed by atoms with Gasteiger partial charge in [-0.15, -0.1) is 0 Å². The summed E-state index contributed by atoms with van der Waals surface area (Å²) in [5.74, 6) is 5.49. The summed E-state index contributed by atoms with van der Waals surface area (Å²) in [7, 11) is -2.38. The highest BCUT2D eigenvalue weighted by Gasteiger charge is 2.26. The standard InChI is InChI=1S/C10H12N8O2S/c1-17-10(12-6-13-17)16-21(19,20)9-8(15-11)14-7-4-2-3-5-18(7)9/h2-6,15H,11H2,1H3,(H,12,13,16). The van der Waals surface area contributed by atoms with Crippen molar-refractivity contribution in [2.24, 2.45) is 12.9 Å². The van der Waals surface area contributed by atoms with Gasteiger partial charge in [0.1, 0.15) is 12.0 Å². The summed E-state index contributed by atoms with van der Waals surface area (Å²) in [6.07, 6.45) is 2.82. The summed E-state index contributed by atoms with van der Waals surface area (Å²) in [4.78, 5) is 7.94. The number of hydrazine groups is 1. The number of fused-ring (bicyclic) bond motifs is 1. The number of nitrogens with one attached hydrogen (secondary N) is 2. The van der Waals surface area contributed by atoms with Crippen molar-refractivity contribution in [1.82, 2.24) is 24.1 Å². The number of aromatic nitrogens is 5. The smallest absolute Gasteiger partial charge is 0.284 e. The number of hydrogen-bond donors (Lipinski definition) is 3. The molecule has 10 nitrogen and oxygen atoms in total. The zero-order valence-corrected chi connectivity index (χ0v) is 11.7. The molecule has 0 aromatic carbocycles. The van der Waals surface area contributed by atoms with Crippen LogP contribution in [0.2, 0.25) is 0 Å². The fourth-order valence-electron chi connectivity index (χ4n) is 1.88. The van der Waals surface area contributed by atoms with Gasteiger partial charge in [0, 0.05) is 13.2 Å². The van der Waals surface area contributed by atoms with E-state index < -0.39 is 10.0 Å². The molecule has 0 aliphatic rings. The maximum Gasteiger partial charge on any atom is 0.284 e. The van der Waals surface area contributed by atoms with Crippen LogP contribution in [0, 0.1) is 0 Å². The van der Waals surface area contributed by atoms with Crippen LogP contribution in [0.25, 0.3) is 5.65 Å². The van der Waals surface area contributed by atoms with E-state index >= 15 is 0 Å². The molecule has 0 unspecified atom stereocenters. The highest BCUT2D eigenvalue weighted by atomic mass is 32.2. The number of anilines is 2. The van der Waals surface area contributed by atoms with E-state index in [1.807, 2.05) is 0 Å². The summed E-state index contributed by atoms with van der Waals surface area (Å²) in [5.41, 5.74) is 2.74. The molecule has 0 aliphatic heterocycles. The number of pyridine rings is 1. The number of rotatable bonds is 4. The van der Waals surface area contributed by atoms with Crippen molar-refractivity contribution in [1.29, 1.82) is 0 Å². The van der Waals surface area contributed by atoms with E-state index in [9.17, 15) is 8.42 Å². The van der Waals surface area contributed by atoms with Crippen LogP contribution in [0.15, 0.2) is 35.7 Å². The first-order valence-electron chi connectivity index (χ1n) is 5.83. The summed E-state index contributed by atoms with van der Waals surface area (Å²) >= 11 is 0. The fourth-order valence-corrected chi connectivity index (χ4v) is 3.18. The number of aryl methyl sites for hydroxylation is 1. The quantitative estimate of drug-likeness (QED) is 0.439. The van der Waals surface area contributed by atoms with E-state index in [4.69, 9.17) is 5.84 Å². The van der Waals surface area contributed by atoms with Crippen LogP contribution in [0.5, 0.6) is 0 Å². The molecule has 0 atom stereocenters. The predicted molar refractivity (Wildman–Crippen MR) is 74.8 cm³/mol. The largest absolute Gasteiger partial charge is 0.306 e. The van der Waals surface area contributed by atoms with Crippen molar-refractivity contribution in [3.05, 3.63) is 30.7 Å². The zero-order chi connectivity index (χ0) is 15.0. The molecule has 0 radical (unpaired) electrons. The van der Waals surface area contributed by atoms with Gasteiger partial charge >= 0.3 is 0 Å². The Morgan fingerprint density at radius 3 is 2.81 bits per heavy atom. The minimum absolute atomic E-state index is 0.0378. The van der Waals surface area contributed by atoms with E-state index in [0.29, 0.717) is 5.65 Å². The monoisotopic (exact) mass is 308 g/mol. The van der Waals surface area contributed by atoms with Crippen molar-refractivity contribution in [2.45, 2.75) is 5.03 Å². The first-order chi connectivity index (χ1) is 10.0. The van der Waals surface area contributed by atoms with E-state index in [2.05, 4.69) is 25.2 Å². The van der Waals surface area contributed by atoms with Crippen molar-refractivity contribution in [3.63, 3.8) is 0 Å². The third-order valence-corrected chi connectivity index (χ3v) is 4.16. The van der Waals surface area contributed by atoms with Gasteiger partial charge in [0.2, 0.25) is 11.0 Å². The molecular weight excluding hydrogens is 296 g/mol. The molecular formula is C10H12N8O2S. The second kappa shape index (κ2) is 4.71. The Morgan fingerprint density at radius 1 is 1.33 bits per heavy atom. The Morgan fingerprint density at radius 2 is 2.14 bits per heavy atom. The second-order valence-electron chi connectivity index (χ2n) is 4.15. The van der Waals surface area contributed by atoms with Crippen molar-refractivity contribution in [3.8, 4) is 0 Å². The summed E-state index contributed by atoms with van der Waals surface area (Å²) in [6, 6.07) is 5.10. The average Bonchev–Trinajstić information content (AvgIpc) is 3.02. The first-order valence-corrected chi connectivity index (χ1v) is 7.32. The van der Waals surface area contributed by atoms with Crippen LogP contribution in [0.3, 0.4) is 0 Å². The lowest BCUT2D eigenvalue weighted by atomic mass is 10.5. The maximum atomic E-state index is 12.6. The lowest BCUT2D eigenvalue weighted by molar-refractivity contribution is 0.595. The Kier molecular flexibility index (Phi) is 2.99. The summed E-state index contributed by atoms with van der Waals surface area (Å²) < 4.78 is 30.2. The molecule has 11 heteroatoms. The summed E-state index contributed by atoms with van der Waals surface area (Å²) in [5, 5.41) is 3.70. The van der Waals surface area contributed by atoms with Gasteiger partial charge < -0.3 is 5.43 Å². The molecule has 3 aromatic rings. The molecule has 3 aromatic heterocycles. The third kappa shape index (κ3) is 2.17. The van der Waals surface area contributed by atoms with Crippen LogP contribution in [-0.2, 0) is 17.1 Å². The van der Waals surface area contributed by atoms with E-state index in [1.165, 1.54) is 15.4 Å². The number of sulfonamides is 1. The normalized spacial score (nSPS) is 11.7. The summed E-state index contributed by atoms with van der Waals surface area (Å²) in [6.45, 7) is 0. The lowest BCUT2D eigenvalue weighted by Crippen LogP contribution is -2.20. The molecule has 0 fully saturated rings. The number of nitrogen functional groups attached to an aromatic ring is 1. The highest BCUT2D eigenvalue weighted by molar-refractivity contribution is 7.92. The molecule has 3 heterocycles. The Bertz CT molecular complexity index is 897. The van der Waals surface area contributed by atoms with Gasteiger partial charge in [-0.2, -0.15) is 18.5 Å². The van der Waals surface area contributed by atoms with Crippen molar-refractivity contribution < 1.29 is 8.42 Å². The van der Waals surface area contributed by atoms with Crippen LogP contribution >= 0.6 is 0 Å². The van der Waals surface area contributed by atoms with Crippen LogP contribution in [0.4, 0.5) is 11.8 Å². The Balaban J connectivity index is 2.16. The highest BCUT2D eigenvalue weighted by Crippen LogP contribution is 2.23. The lowest BCUT2D eigenvalue weighted by Gasteiger charge is -2.08. The SMILES string of the molecule is Cn1ncnc1NS(=O)(=O)c1c(NN)nc2ccccn12. The van der Waals surface area contributed by atoms with E-state index in [1.54, 1.807) is 31.4 Å². The Labute approximate surface area is 119 Å². The molecule has 4 N–H and O–H groups in total. The molecule has 0 saturated carbocycles. The van der Waals surface area contributed by atoms with Gasteiger partial charge in [0.15, 0.2) is 5.82 Å². The molecule has 110 valence electrons. The second-order valence-corrected chi connectivity index (χ2v) is 5.75. The number of nitrogens with zero attached hydrogens (tertiary/aromatic N) is 5. The van der Waals surface area contributed by atoms with E-state index in [0.717, 1.165) is 0 Å². The minimum Gasteiger partial charge on any atom is -0.306 e. The molecule has 0 spiro atoms. The van der Waals surface area contributed by atoms with Crippen LogP contribution in [-0.4, -0.2) is 32.6 Å². The third-order valence-electron chi connectivity index (χ3n) is 2.81. The Hall–Kier alpha value is -2.66. The van der Waals surface area contributed by atoms with Gasteiger partial charge in [-0.25, -0.2) is 20.2 Å². The number of hydrogen-bond acceptors (Lipinski definition) is 7. The zero-order valence-electron chi connectivity index (χ0n) is 10.9. The number of imidazole rings is 1. The molecule has 0 amide bonds. The first kappa shape index (κ1) is 13.3. The van der Waals surface area contributed by atoms with Crippen LogP contribution < -0.4 is 16.0 Å².